The van der Waals surface area contributed by atoms with Crippen molar-refractivity contribution in [3.63, 3.8) is 0 Å². The average Bonchev–Trinajstić information content (AvgIpc) is 3.22. The number of thiophene rings is 1. The van der Waals surface area contributed by atoms with Crippen LogP contribution in [0.3, 0.4) is 0 Å². The van der Waals surface area contributed by atoms with Crippen molar-refractivity contribution >= 4 is 50.9 Å². The third-order valence-electron chi connectivity index (χ3n) is 4.48. The Kier molecular flexibility index (Phi) is 8.03. The molecule has 0 spiro atoms. The molecule has 32 heavy (non-hydrogen) atoms. The van der Waals surface area contributed by atoms with E-state index in [-0.39, 0.29) is 11.3 Å². The number of rotatable bonds is 9. The summed E-state index contributed by atoms with van der Waals surface area (Å²) in [5.41, 5.74) is 0.778. The Balaban J connectivity index is 1.63. The number of aromatic nitrogens is 2. The lowest BCUT2D eigenvalue weighted by molar-refractivity contribution is -0.144. The fourth-order valence-electron chi connectivity index (χ4n) is 2.81. The maximum absolute atomic E-state index is 12.9. The zero-order valence-electron chi connectivity index (χ0n) is 17.7. The number of nitriles is 1. The Bertz CT molecular complexity index is 1230. The van der Waals surface area contributed by atoms with Crippen LogP contribution in [0.1, 0.15) is 25.8 Å². The maximum Gasteiger partial charge on any atom is 0.316 e. The van der Waals surface area contributed by atoms with E-state index in [2.05, 4.69) is 24.1 Å². The van der Waals surface area contributed by atoms with Gasteiger partial charge in [-0.2, -0.15) is 5.26 Å². The highest BCUT2D eigenvalue weighted by Crippen LogP contribution is 2.22. The van der Waals surface area contributed by atoms with Crippen molar-refractivity contribution in [2.24, 2.45) is 5.92 Å². The summed E-state index contributed by atoms with van der Waals surface area (Å²) in [6.07, 6.45) is 0.797. The van der Waals surface area contributed by atoms with E-state index in [9.17, 15) is 14.4 Å². The molecule has 1 N–H and O–H groups in total. The molecule has 0 atom stereocenters. The molecule has 0 aliphatic heterocycles. The molecule has 0 saturated heterocycles. The molecule has 166 valence electrons. The first kappa shape index (κ1) is 23.5. The van der Waals surface area contributed by atoms with Gasteiger partial charge in [0.2, 0.25) is 0 Å². The van der Waals surface area contributed by atoms with E-state index in [0.717, 1.165) is 18.2 Å². The van der Waals surface area contributed by atoms with E-state index >= 15 is 0 Å². The number of para-hydroxylation sites is 1. The summed E-state index contributed by atoms with van der Waals surface area (Å²) in [7, 11) is 0. The monoisotopic (exact) mass is 470 g/mol. The van der Waals surface area contributed by atoms with E-state index < -0.39 is 18.5 Å². The highest BCUT2D eigenvalue weighted by molar-refractivity contribution is 7.99. The van der Waals surface area contributed by atoms with Crippen molar-refractivity contribution in [2.75, 3.05) is 17.7 Å². The number of thioether (sulfide) groups is 1. The van der Waals surface area contributed by atoms with Gasteiger partial charge in [0.1, 0.15) is 11.1 Å². The van der Waals surface area contributed by atoms with Crippen molar-refractivity contribution in [1.82, 2.24) is 9.55 Å². The number of ether oxygens (including phenoxy) is 1. The number of amides is 1. The highest BCUT2D eigenvalue weighted by Gasteiger charge is 2.15. The number of esters is 1. The lowest BCUT2D eigenvalue weighted by Crippen LogP contribution is -2.25. The first-order chi connectivity index (χ1) is 15.4. The Labute approximate surface area is 193 Å². The summed E-state index contributed by atoms with van der Waals surface area (Å²) in [6.45, 7) is 4.18. The number of carbonyl (C=O) groups is 2. The van der Waals surface area contributed by atoms with Crippen LogP contribution in [0.4, 0.5) is 5.00 Å². The van der Waals surface area contributed by atoms with E-state index in [0.29, 0.717) is 39.1 Å². The molecule has 0 aliphatic rings. The third-order valence-corrected chi connectivity index (χ3v) is 6.26. The van der Waals surface area contributed by atoms with Gasteiger partial charge >= 0.3 is 5.97 Å². The van der Waals surface area contributed by atoms with Crippen LogP contribution in [0, 0.1) is 17.2 Å². The zero-order valence-corrected chi connectivity index (χ0v) is 19.3. The second-order valence-corrected chi connectivity index (χ2v) is 9.18. The molecule has 0 unspecified atom stereocenters. The molecule has 1 aromatic carbocycles. The molecule has 0 saturated carbocycles. The smallest absolute Gasteiger partial charge is 0.316 e. The molecule has 10 heteroatoms. The van der Waals surface area contributed by atoms with Crippen LogP contribution >= 0.6 is 23.1 Å². The average molecular weight is 471 g/mol. The van der Waals surface area contributed by atoms with Crippen LogP contribution in [-0.2, 0) is 20.9 Å². The Morgan fingerprint density at radius 2 is 2.09 bits per heavy atom. The lowest BCUT2D eigenvalue weighted by Gasteiger charge is -2.14. The number of benzene rings is 1. The SMILES string of the molecule is CC(C)CCn1c(SCC(=O)OCC(=O)Nc2sccc2C#N)nc2ccccc2c1=O. The van der Waals surface area contributed by atoms with E-state index in [4.69, 9.17) is 10.00 Å². The molecule has 2 aromatic heterocycles. The van der Waals surface area contributed by atoms with Gasteiger partial charge in [-0.1, -0.05) is 37.7 Å². The largest absolute Gasteiger partial charge is 0.455 e. The van der Waals surface area contributed by atoms with Gasteiger partial charge in [0.05, 0.1) is 22.2 Å². The molecule has 8 nitrogen and oxygen atoms in total. The first-order valence-corrected chi connectivity index (χ1v) is 11.8. The fraction of sp³-hybridized carbons (Fsp3) is 0.318. The second kappa shape index (κ2) is 10.9. The molecule has 3 rings (SSSR count). The fourth-order valence-corrected chi connectivity index (χ4v) is 4.39. The van der Waals surface area contributed by atoms with Gasteiger partial charge in [0.15, 0.2) is 11.8 Å². The minimum Gasteiger partial charge on any atom is -0.455 e. The van der Waals surface area contributed by atoms with E-state index in [1.807, 2.05) is 6.07 Å². The number of carbonyl (C=O) groups excluding carboxylic acids is 2. The minimum absolute atomic E-state index is 0.0951. The minimum atomic E-state index is -0.602. The van der Waals surface area contributed by atoms with E-state index in [1.54, 1.807) is 40.3 Å². The van der Waals surface area contributed by atoms with Crippen LogP contribution in [0.5, 0.6) is 0 Å². The zero-order chi connectivity index (χ0) is 23.1. The molecule has 1 amide bonds. The van der Waals surface area contributed by atoms with Gasteiger partial charge in [-0.15, -0.1) is 11.3 Å². The molecular weight excluding hydrogens is 448 g/mol. The summed E-state index contributed by atoms with van der Waals surface area (Å²) in [6, 6.07) is 10.7. The Morgan fingerprint density at radius 3 is 2.84 bits per heavy atom. The van der Waals surface area contributed by atoms with Crippen LogP contribution in [0.2, 0.25) is 0 Å². The highest BCUT2D eigenvalue weighted by atomic mass is 32.2. The lowest BCUT2D eigenvalue weighted by atomic mass is 10.1. The molecule has 3 aromatic rings. The van der Waals surface area contributed by atoms with Crippen molar-refractivity contribution < 1.29 is 14.3 Å². The number of nitrogens with one attached hydrogen (secondary N) is 1. The summed E-state index contributed by atoms with van der Waals surface area (Å²) in [5.74, 6) is -0.823. The Hall–Kier alpha value is -3.16. The van der Waals surface area contributed by atoms with Gasteiger partial charge in [-0.05, 0) is 35.9 Å². The van der Waals surface area contributed by atoms with Crippen LogP contribution in [0.15, 0.2) is 45.7 Å². The molecule has 2 heterocycles. The molecule has 0 aliphatic carbocycles. The molecule has 0 fully saturated rings. The second-order valence-electron chi connectivity index (χ2n) is 7.32. The topological polar surface area (TPSA) is 114 Å². The number of hydrogen-bond donors (Lipinski definition) is 1. The van der Waals surface area contributed by atoms with E-state index in [1.165, 1.54) is 11.3 Å². The molecular formula is C22H22N4O4S2. The Morgan fingerprint density at radius 1 is 1.31 bits per heavy atom. The predicted molar refractivity (Wildman–Crippen MR) is 125 cm³/mol. The summed E-state index contributed by atoms with van der Waals surface area (Å²) < 4.78 is 6.63. The number of fused-ring (bicyclic) bond motifs is 1. The summed E-state index contributed by atoms with van der Waals surface area (Å²) in [5, 5.41) is 14.6. The van der Waals surface area contributed by atoms with Crippen molar-refractivity contribution in [3.05, 3.63) is 51.6 Å². The standard InChI is InChI=1S/C22H22N4O4S2/c1-14(2)7-9-26-21(29)16-5-3-4-6-17(16)24-22(26)32-13-19(28)30-12-18(27)25-20-15(11-23)8-10-31-20/h3-6,8,10,14H,7,9,12-13H2,1-2H3,(H,25,27). The number of anilines is 1. The quantitative estimate of drug-likeness (QED) is 0.288. The molecule has 0 radical (unpaired) electrons. The number of nitrogens with zero attached hydrogens (tertiary/aromatic N) is 3. The van der Waals surface area contributed by atoms with Gasteiger partial charge in [-0.3, -0.25) is 19.0 Å². The maximum atomic E-state index is 12.9. The number of hydrogen-bond acceptors (Lipinski definition) is 8. The van der Waals surface area contributed by atoms with Crippen LogP contribution in [-0.4, -0.2) is 33.8 Å². The predicted octanol–water partition coefficient (Wildman–Crippen LogP) is 3.65. The van der Waals surface area contributed by atoms with Gasteiger partial charge < -0.3 is 10.1 Å². The van der Waals surface area contributed by atoms with Crippen molar-refractivity contribution in [3.8, 4) is 6.07 Å². The summed E-state index contributed by atoms with van der Waals surface area (Å²) in [4.78, 5) is 41.7. The van der Waals surface area contributed by atoms with Crippen LogP contribution < -0.4 is 10.9 Å². The van der Waals surface area contributed by atoms with Crippen molar-refractivity contribution in [2.45, 2.75) is 32.0 Å². The third kappa shape index (κ3) is 5.96. The van der Waals surface area contributed by atoms with Gasteiger partial charge in [-0.25, -0.2) is 4.98 Å². The van der Waals surface area contributed by atoms with Gasteiger partial charge in [0.25, 0.3) is 11.5 Å². The first-order valence-electron chi connectivity index (χ1n) is 9.94. The summed E-state index contributed by atoms with van der Waals surface area (Å²) >= 11 is 2.32. The normalized spacial score (nSPS) is 10.8. The van der Waals surface area contributed by atoms with Gasteiger partial charge in [0, 0.05) is 6.54 Å². The molecule has 0 bridgehead atoms. The van der Waals surface area contributed by atoms with Crippen LogP contribution in [0.25, 0.3) is 10.9 Å². The van der Waals surface area contributed by atoms with Crippen molar-refractivity contribution in [1.29, 1.82) is 5.26 Å².